The van der Waals surface area contributed by atoms with Crippen molar-refractivity contribution in [1.29, 1.82) is 0 Å². The first-order valence-electron chi connectivity index (χ1n) is 8.87. The van der Waals surface area contributed by atoms with Gasteiger partial charge in [0.15, 0.2) is 11.5 Å². The van der Waals surface area contributed by atoms with Crippen molar-refractivity contribution in [2.45, 2.75) is 19.1 Å². The van der Waals surface area contributed by atoms with Crippen LogP contribution < -0.4 is 9.47 Å². The molecule has 0 bridgehead atoms. The Kier molecular flexibility index (Phi) is 6.15. The monoisotopic (exact) mass is 389 g/mol. The lowest BCUT2D eigenvalue weighted by atomic mass is 10.1. The summed E-state index contributed by atoms with van der Waals surface area (Å²) in [4.78, 5) is 25.3. The summed E-state index contributed by atoms with van der Waals surface area (Å²) in [5, 5.41) is 13.0. The Bertz CT molecular complexity index is 850. The Morgan fingerprint density at radius 1 is 1.36 bits per heavy atom. The summed E-state index contributed by atoms with van der Waals surface area (Å²) < 4.78 is 18.3. The van der Waals surface area contributed by atoms with Gasteiger partial charge in [-0.15, -0.1) is 0 Å². The fourth-order valence-electron chi connectivity index (χ4n) is 3.03. The summed E-state index contributed by atoms with van der Waals surface area (Å²) in [5.41, 5.74) is 1.36. The van der Waals surface area contributed by atoms with Crippen LogP contribution in [-0.4, -0.2) is 64.6 Å². The van der Waals surface area contributed by atoms with Crippen molar-refractivity contribution in [3.63, 3.8) is 0 Å². The lowest BCUT2D eigenvalue weighted by molar-refractivity contribution is -0.141. The summed E-state index contributed by atoms with van der Waals surface area (Å²) >= 11 is 0. The zero-order chi connectivity index (χ0) is 20.1. The minimum atomic E-state index is -0.948. The molecule has 0 aliphatic carbocycles. The molecular weight excluding hydrogens is 366 g/mol. The molecular formula is C19H23N3O6. The lowest BCUT2D eigenvalue weighted by Gasteiger charge is -2.32. The molecule has 2 aromatic rings. The van der Waals surface area contributed by atoms with Crippen molar-refractivity contribution in [2.75, 3.05) is 26.8 Å². The third kappa shape index (κ3) is 4.80. The highest BCUT2D eigenvalue weighted by Gasteiger charge is 2.27. The fourth-order valence-corrected chi connectivity index (χ4v) is 3.03. The molecule has 1 fully saturated rings. The van der Waals surface area contributed by atoms with E-state index in [1.165, 1.54) is 7.11 Å². The first kappa shape index (κ1) is 19.7. The number of methoxy groups -OCH3 is 1. The quantitative estimate of drug-likeness (QED) is 0.762. The van der Waals surface area contributed by atoms with Crippen molar-refractivity contribution in [1.82, 2.24) is 14.7 Å². The van der Waals surface area contributed by atoms with Crippen LogP contribution in [0.25, 0.3) is 0 Å². The highest BCUT2D eigenvalue weighted by atomic mass is 16.5. The molecule has 0 saturated carbocycles. The van der Waals surface area contributed by atoms with Crippen molar-refractivity contribution in [3.05, 3.63) is 41.7 Å². The van der Waals surface area contributed by atoms with E-state index in [2.05, 4.69) is 5.10 Å². The van der Waals surface area contributed by atoms with Gasteiger partial charge in [-0.05, 0) is 18.2 Å². The van der Waals surface area contributed by atoms with E-state index in [9.17, 15) is 9.59 Å². The normalized spacial score (nSPS) is 16.6. The second kappa shape index (κ2) is 8.75. The number of rotatable bonds is 7. The summed E-state index contributed by atoms with van der Waals surface area (Å²) in [6, 6.07) is 4.99. The Balaban J connectivity index is 1.68. The molecule has 3 rings (SSSR count). The summed E-state index contributed by atoms with van der Waals surface area (Å²) in [6.07, 6.45) is 2.94. The maximum absolute atomic E-state index is 12.8. The molecule has 0 radical (unpaired) electrons. The molecule has 9 nitrogen and oxygen atoms in total. The van der Waals surface area contributed by atoms with Crippen LogP contribution in [0.5, 0.6) is 11.5 Å². The maximum atomic E-state index is 12.8. The predicted octanol–water partition coefficient (Wildman–Crippen LogP) is 1.32. The number of aryl methyl sites for hydroxylation is 1. The van der Waals surface area contributed by atoms with E-state index in [-0.39, 0.29) is 18.9 Å². The van der Waals surface area contributed by atoms with Gasteiger partial charge in [0.2, 0.25) is 0 Å². The highest BCUT2D eigenvalue weighted by molar-refractivity contribution is 5.95. The fraction of sp³-hybridized carbons (Fsp3) is 0.421. The molecule has 1 saturated heterocycles. The standard InChI is InChI=1S/C19H23N3O6/c1-21-10-13(9-20-21)12-28-16-4-3-14(7-17(16)26-2)19(25)22-5-6-27-15(11-22)8-18(23)24/h3-4,7,9-10,15H,5-6,8,11-12H2,1-2H3,(H,23,24). The van der Waals surface area contributed by atoms with E-state index in [1.807, 2.05) is 13.2 Å². The number of carbonyl (C=O) groups excluding carboxylic acids is 1. The van der Waals surface area contributed by atoms with Crippen LogP contribution in [0.15, 0.2) is 30.6 Å². The third-order valence-electron chi connectivity index (χ3n) is 4.39. The summed E-state index contributed by atoms with van der Waals surface area (Å²) in [7, 11) is 3.34. The number of carboxylic acid groups (broad SMARTS) is 1. The molecule has 1 unspecified atom stereocenters. The second-order valence-electron chi connectivity index (χ2n) is 6.52. The number of morpholine rings is 1. The average Bonchev–Trinajstić information content (AvgIpc) is 3.10. The van der Waals surface area contributed by atoms with Crippen molar-refractivity contribution < 1.29 is 28.9 Å². The van der Waals surface area contributed by atoms with E-state index in [0.29, 0.717) is 36.8 Å². The van der Waals surface area contributed by atoms with Crippen molar-refractivity contribution >= 4 is 11.9 Å². The number of hydrogen-bond acceptors (Lipinski definition) is 6. The molecule has 150 valence electrons. The molecule has 2 heterocycles. The van der Waals surface area contributed by atoms with Crippen LogP contribution in [0.3, 0.4) is 0 Å². The van der Waals surface area contributed by atoms with Crippen molar-refractivity contribution in [2.24, 2.45) is 7.05 Å². The number of carbonyl (C=O) groups is 2. The summed E-state index contributed by atoms with van der Waals surface area (Å²) in [5.74, 6) is -0.175. The van der Waals surface area contributed by atoms with Gasteiger partial charge in [0.1, 0.15) is 6.61 Å². The number of benzene rings is 1. The number of ether oxygens (including phenoxy) is 3. The molecule has 1 amide bonds. The van der Waals surface area contributed by atoms with Crippen LogP contribution in [0.4, 0.5) is 0 Å². The van der Waals surface area contributed by atoms with E-state index in [1.54, 1.807) is 34.0 Å². The van der Waals surface area contributed by atoms with E-state index in [4.69, 9.17) is 19.3 Å². The molecule has 1 N–H and O–H groups in total. The van der Waals surface area contributed by atoms with Crippen LogP contribution >= 0.6 is 0 Å². The van der Waals surface area contributed by atoms with Crippen molar-refractivity contribution in [3.8, 4) is 11.5 Å². The van der Waals surface area contributed by atoms with E-state index in [0.717, 1.165) is 5.56 Å². The Hall–Kier alpha value is -3.07. The minimum absolute atomic E-state index is 0.131. The van der Waals surface area contributed by atoms with Gasteiger partial charge in [0, 0.05) is 37.5 Å². The molecule has 1 aromatic heterocycles. The van der Waals surface area contributed by atoms with Crippen LogP contribution in [0.2, 0.25) is 0 Å². The number of amides is 1. The SMILES string of the molecule is COc1cc(C(=O)N2CCOC(CC(=O)O)C2)ccc1OCc1cnn(C)c1. The van der Waals surface area contributed by atoms with Gasteiger partial charge >= 0.3 is 5.97 Å². The first-order chi connectivity index (χ1) is 13.5. The number of aromatic nitrogens is 2. The van der Waals surface area contributed by atoms with Gasteiger partial charge < -0.3 is 24.2 Å². The zero-order valence-electron chi connectivity index (χ0n) is 15.8. The lowest BCUT2D eigenvalue weighted by Crippen LogP contribution is -2.46. The van der Waals surface area contributed by atoms with Gasteiger partial charge in [0.05, 0.1) is 32.4 Å². The number of aliphatic carboxylic acids is 1. The first-order valence-corrected chi connectivity index (χ1v) is 8.87. The minimum Gasteiger partial charge on any atom is -0.493 e. The van der Waals surface area contributed by atoms with Crippen LogP contribution in [0.1, 0.15) is 22.3 Å². The number of nitrogens with zero attached hydrogens (tertiary/aromatic N) is 3. The molecule has 28 heavy (non-hydrogen) atoms. The third-order valence-corrected chi connectivity index (χ3v) is 4.39. The second-order valence-corrected chi connectivity index (χ2v) is 6.52. The van der Waals surface area contributed by atoms with Crippen LogP contribution in [-0.2, 0) is 23.2 Å². The van der Waals surface area contributed by atoms with E-state index < -0.39 is 12.1 Å². The molecule has 9 heteroatoms. The highest BCUT2D eigenvalue weighted by Crippen LogP contribution is 2.29. The average molecular weight is 389 g/mol. The van der Waals surface area contributed by atoms with Gasteiger partial charge in [-0.1, -0.05) is 0 Å². The molecule has 1 aliphatic rings. The van der Waals surface area contributed by atoms with Gasteiger partial charge in [-0.3, -0.25) is 14.3 Å². The Morgan fingerprint density at radius 3 is 2.86 bits per heavy atom. The van der Waals surface area contributed by atoms with Gasteiger partial charge in [0.25, 0.3) is 5.91 Å². The summed E-state index contributed by atoms with van der Waals surface area (Å²) in [6.45, 7) is 1.30. The topological polar surface area (TPSA) is 103 Å². The molecule has 0 spiro atoms. The Morgan fingerprint density at radius 2 is 2.18 bits per heavy atom. The van der Waals surface area contributed by atoms with Gasteiger partial charge in [-0.25, -0.2) is 0 Å². The maximum Gasteiger partial charge on any atom is 0.306 e. The predicted molar refractivity (Wildman–Crippen MR) is 98.4 cm³/mol. The molecule has 1 aromatic carbocycles. The zero-order valence-corrected chi connectivity index (χ0v) is 15.8. The smallest absolute Gasteiger partial charge is 0.306 e. The van der Waals surface area contributed by atoms with Gasteiger partial charge in [-0.2, -0.15) is 5.10 Å². The Labute approximate surface area is 162 Å². The number of hydrogen-bond donors (Lipinski definition) is 1. The van der Waals surface area contributed by atoms with Crippen LogP contribution in [0, 0.1) is 0 Å². The largest absolute Gasteiger partial charge is 0.493 e. The van der Waals surface area contributed by atoms with E-state index >= 15 is 0 Å². The number of carboxylic acids is 1. The molecule has 1 atom stereocenters. The molecule has 1 aliphatic heterocycles.